The Morgan fingerprint density at radius 3 is 1.90 bits per heavy atom. The summed E-state index contributed by atoms with van der Waals surface area (Å²) in [6.45, 7) is 14.0. The Morgan fingerprint density at radius 1 is 0.508 bits per heavy atom. The number of hydrogen-bond acceptors (Lipinski definition) is 2. The molecule has 0 aliphatic carbocycles. The van der Waals surface area contributed by atoms with Crippen molar-refractivity contribution in [3.05, 3.63) is 175 Å². The molecule has 0 unspecified atom stereocenters. The summed E-state index contributed by atoms with van der Waals surface area (Å²) in [6.07, 6.45) is 0. The van der Waals surface area contributed by atoms with Crippen LogP contribution in [0, 0.1) is 0 Å². The highest BCUT2D eigenvalue weighted by atomic mass is 28.3. The third-order valence-electron chi connectivity index (χ3n) is 14.3. The average molecular weight is 801 g/mol. The van der Waals surface area contributed by atoms with Crippen LogP contribution in [0.3, 0.4) is 0 Å². The molecule has 10 aromatic rings. The van der Waals surface area contributed by atoms with Gasteiger partial charge in [-0.15, -0.1) is 0 Å². The van der Waals surface area contributed by atoms with Crippen molar-refractivity contribution >= 4 is 107 Å². The van der Waals surface area contributed by atoms with Crippen molar-refractivity contribution < 1.29 is 4.42 Å². The van der Waals surface area contributed by atoms with Crippen molar-refractivity contribution in [3.8, 4) is 11.1 Å². The number of furan rings is 1. The molecule has 0 saturated heterocycles. The highest BCUT2D eigenvalue weighted by molar-refractivity contribution is 7.21. The second kappa shape index (κ2) is 11.8. The maximum Gasteiger partial charge on any atom is 0.333 e. The van der Waals surface area contributed by atoms with Crippen LogP contribution < -0.4 is 36.6 Å². The average Bonchev–Trinajstić information content (AvgIpc) is 3.81. The molecule has 3 aliphatic heterocycles. The number of benzene rings is 8. The SMILES string of the molecule is CC(C)(C)c1ccc2c(c1)c1cc(C(C)(C)C)cc3c1n2B1c2cccc4c2N(c2ccccc2[Si]4(c2ccccc2)c2ccccc2)c2c1c-3cc1oc3ccccc3c21. The summed E-state index contributed by atoms with van der Waals surface area (Å²) in [5, 5.41) is 10.6. The summed E-state index contributed by atoms with van der Waals surface area (Å²) in [4.78, 5) is 2.68. The van der Waals surface area contributed by atoms with Gasteiger partial charge < -0.3 is 13.8 Å². The Morgan fingerprint density at radius 2 is 1.16 bits per heavy atom. The molecule has 61 heavy (non-hydrogen) atoms. The van der Waals surface area contributed by atoms with Crippen LogP contribution in [0.25, 0.3) is 54.9 Å². The van der Waals surface area contributed by atoms with E-state index in [9.17, 15) is 0 Å². The first-order valence-corrected chi connectivity index (χ1v) is 23.8. The molecule has 0 radical (unpaired) electrons. The van der Waals surface area contributed by atoms with E-state index < -0.39 is 8.07 Å². The number of aromatic nitrogens is 1. The normalized spacial score (nSPS) is 14.8. The van der Waals surface area contributed by atoms with Crippen LogP contribution in [0.2, 0.25) is 0 Å². The summed E-state index contributed by atoms with van der Waals surface area (Å²) < 4.78 is 9.72. The largest absolute Gasteiger partial charge is 0.456 e. The Hall–Kier alpha value is -6.56. The quantitative estimate of drug-likeness (QED) is 0.162. The molecule has 0 spiro atoms. The minimum absolute atomic E-state index is 0.00893. The Balaban J connectivity index is 1.27. The Kier molecular flexibility index (Phi) is 6.83. The van der Waals surface area contributed by atoms with Crippen LogP contribution in [0.4, 0.5) is 17.1 Å². The van der Waals surface area contributed by atoms with Gasteiger partial charge in [-0.3, -0.25) is 0 Å². The lowest BCUT2D eigenvalue weighted by Crippen LogP contribution is -2.78. The summed E-state index contributed by atoms with van der Waals surface area (Å²) in [5.41, 5.74) is 16.2. The molecule has 3 nitrogen and oxygen atoms in total. The molecule has 0 saturated carbocycles. The number of fused-ring (bicyclic) bond motifs is 13. The molecule has 5 heteroatoms. The lowest BCUT2D eigenvalue weighted by Gasteiger charge is -2.49. The van der Waals surface area contributed by atoms with Crippen molar-refractivity contribution in [1.29, 1.82) is 0 Å². The summed E-state index contributed by atoms with van der Waals surface area (Å²) >= 11 is 0. The number of para-hydroxylation sites is 3. The molecule has 0 bridgehead atoms. The zero-order valence-electron chi connectivity index (χ0n) is 35.5. The highest BCUT2D eigenvalue weighted by Gasteiger charge is 2.54. The van der Waals surface area contributed by atoms with Crippen molar-refractivity contribution in [2.75, 3.05) is 4.90 Å². The van der Waals surface area contributed by atoms with Crippen molar-refractivity contribution in [2.45, 2.75) is 52.4 Å². The number of nitrogens with zero attached hydrogens (tertiary/aromatic N) is 2. The number of hydrogen-bond donors (Lipinski definition) is 0. The topological polar surface area (TPSA) is 21.3 Å². The van der Waals surface area contributed by atoms with Crippen molar-refractivity contribution in [1.82, 2.24) is 4.48 Å². The van der Waals surface area contributed by atoms with Crippen LogP contribution in [-0.4, -0.2) is 19.4 Å². The van der Waals surface area contributed by atoms with E-state index >= 15 is 0 Å². The fourth-order valence-corrected chi connectivity index (χ4v) is 16.7. The first kappa shape index (κ1) is 35.2. The van der Waals surface area contributed by atoms with Gasteiger partial charge in [0.2, 0.25) is 0 Å². The van der Waals surface area contributed by atoms with E-state index in [1.54, 1.807) is 0 Å². The van der Waals surface area contributed by atoms with Gasteiger partial charge in [0.05, 0.1) is 11.1 Å². The van der Waals surface area contributed by atoms with Crippen LogP contribution in [-0.2, 0) is 10.8 Å². The molecule has 5 heterocycles. The van der Waals surface area contributed by atoms with Crippen LogP contribution in [0.5, 0.6) is 0 Å². The summed E-state index contributed by atoms with van der Waals surface area (Å²) in [6, 6.07) is 62.8. The fourth-order valence-electron chi connectivity index (χ4n) is 11.6. The first-order chi connectivity index (χ1) is 29.5. The molecule has 0 fully saturated rings. The summed E-state index contributed by atoms with van der Waals surface area (Å²) in [7, 11) is -2.90. The molecule has 0 N–H and O–H groups in total. The standard InChI is InChI=1S/C56H45BN2OSi/c1-55(2,3)34-28-29-44-39(30-34)41-31-35(56(4,5)6)32-42-40-33-47-50(38-22-13-15-25-46(38)60-47)54-51(40)57(59(44)52(41)42)43-23-17-27-49-53(43)58(54)45-24-14-16-26-48(45)61(49,36-18-9-7-10-19-36)37-20-11-8-12-21-37/h7-33H,1-6H3. The number of anilines is 3. The number of rotatable bonds is 2. The maximum absolute atomic E-state index is 6.99. The molecule has 3 aliphatic rings. The van der Waals surface area contributed by atoms with Gasteiger partial charge in [0.1, 0.15) is 11.2 Å². The van der Waals surface area contributed by atoms with Gasteiger partial charge in [-0.2, -0.15) is 0 Å². The van der Waals surface area contributed by atoms with Gasteiger partial charge in [-0.1, -0.05) is 163 Å². The predicted octanol–water partition coefficient (Wildman–Crippen LogP) is 10.4. The maximum atomic E-state index is 6.99. The van der Waals surface area contributed by atoms with Crippen LogP contribution in [0.15, 0.2) is 168 Å². The zero-order chi connectivity index (χ0) is 41.2. The predicted molar refractivity (Wildman–Crippen MR) is 262 cm³/mol. The molecule has 0 amide bonds. The third kappa shape index (κ3) is 4.44. The van der Waals surface area contributed by atoms with E-state index in [4.69, 9.17) is 4.42 Å². The van der Waals surface area contributed by atoms with Crippen molar-refractivity contribution in [3.63, 3.8) is 0 Å². The lowest BCUT2D eigenvalue weighted by molar-refractivity contribution is 0.590. The first-order valence-electron chi connectivity index (χ1n) is 21.8. The van der Waals surface area contributed by atoms with E-state index in [0.717, 1.165) is 16.6 Å². The monoisotopic (exact) mass is 800 g/mol. The molecular formula is C56H45BN2OSi. The van der Waals surface area contributed by atoms with E-state index in [2.05, 4.69) is 215 Å². The molecule has 13 rings (SSSR count). The van der Waals surface area contributed by atoms with E-state index in [0.29, 0.717) is 0 Å². The molecule has 0 atom stereocenters. The second-order valence-corrected chi connectivity index (χ2v) is 23.4. The zero-order valence-corrected chi connectivity index (χ0v) is 36.5. The minimum atomic E-state index is -2.90. The molecule has 2 aromatic heterocycles. The van der Waals surface area contributed by atoms with Gasteiger partial charge in [0.15, 0.2) is 8.07 Å². The van der Waals surface area contributed by atoms with Crippen LogP contribution >= 0.6 is 0 Å². The second-order valence-electron chi connectivity index (χ2n) is 19.7. The van der Waals surface area contributed by atoms with Crippen molar-refractivity contribution in [2.24, 2.45) is 0 Å². The lowest BCUT2D eigenvalue weighted by atomic mass is 9.45. The highest BCUT2D eigenvalue weighted by Crippen LogP contribution is 2.51. The van der Waals surface area contributed by atoms with Crippen LogP contribution in [0.1, 0.15) is 52.7 Å². The molecular weight excluding hydrogens is 756 g/mol. The Bertz CT molecular complexity index is 3470. The van der Waals surface area contributed by atoms with Gasteiger partial charge in [0.25, 0.3) is 0 Å². The van der Waals surface area contributed by atoms with E-state index in [1.165, 1.54) is 98.2 Å². The Labute approximate surface area is 358 Å². The minimum Gasteiger partial charge on any atom is -0.456 e. The fraction of sp³-hybridized carbons (Fsp3) is 0.143. The third-order valence-corrected chi connectivity index (χ3v) is 19.1. The molecule has 8 aromatic carbocycles. The van der Waals surface area contributed by atoms with Gasteiger partial charge in [-0.05, 0) is 102 Å². The van der Waals surface area contributed by atoms with Gasteiger partial charge >= 0.3 is 6.85 Å². The van der Waals surface area contributed by atoms with E-state index in [1.807, 2.05) is 0 Å². The molecule has 292 valence electrons. The van der Waals surface area contributed by atoms with Gasteiger partial charge in [-0.25, -0.2) is 0 Å². The van der Waals surface area contributed by atoms with Gasteiger partial charge in [0, 0.05) is 44.1 Å². The van der Waals surface area contributed by atoms with E-state index in [-0.39, 0.29) is 17.7 Å². The smallest absolute Gasteiger partial charge is 0.333 e. The summed E-state index contributed by atoms with van der Waals surface area (Å²) in [5.74, 6) is 0.